The van der Waals surface area contributed by atoms with Crippen LogP contribution in [-0.2, 0) is 17.1 Å². The number of hydrogen-bond donors (Lipinski definition) is 0. The summed E-state index contributed by atoms with van der Waals surface area (Å²) < 4.78 is 1.01. The summed E-state index contributed by atoms with van der Waals surface area (Å²) in [6, 6.07) is 10.7. The second-order valence-corrected chi connectivity index (χ2v) is 2.06. The van der Waals surface area contributed by atoms with Crippen LogP contribution in [0.25, 0.3) is 0 Å². The smallest absolute Gasteiger partial charge is 0 e. The van der Waals surface area contributed by atoms with Crippen LogP contribution in [-0.4, -0.2) is 0 Å². The minimum atomic E-state index is 0. The summed E-state index contributed by atoms with van der Waals surface area (Å²) in [4.78, 5) is 0. The molecule has 0 atom stereocenters. The Morgan fingerprint density at radius 2 is 2.12 bits per heavy atom. The number of halogens is 1. The molecule has 0 unspecified atom stereocenters. The molecule has 0 nitrogen and oxygen atoms in total. The fraction of sp³-hybridized carbons (Fsp3) is 0. The van der Waals surface area contributed by atoms with Crippen molar-refractivity contribution >= 4 is 15.9 Å². The zero-order chi connectivity index (χ0) is 5.11. The third-order valence-electron chi connectivity index (χ3n) is 0.671. The van der Waals surface area contributed by atoms with Gasteiger partial charge in [-0.2, -0.15) is 30.3 Å². The van der Waals surface area contributed by atoms with Gasteiger partial charge in [-0.3, -0.25) is 0 Å². The van der Waals surface area contributed by atoms with Gasteiger partial charge < -0.3 is 0 Å². The van der Waals surface area contributed by atoms with Crippen LogP contribution in [0.2, 0.25) is 0 Å². The SMILES string of the molecule is Brc1[c-]cccc1.[Mn]. The van der Waals surface area contributed by atoms with Gasteiger partial charge in [0.05, 0.1) is 0 Å². The first kappa shape index (κ1) is 8.22. The van der Waals surface area contributed by atoms with Crippen molar-refractivity contribution < 1.29 is 17.1 Å². The zero-order valence-corrected chi connectivity index (χ0v) is 6.83. The molecule has 43 valence electrons. The van der Waals surface area contributed by atoms with Crippen molar-refractivity contribution in [1.82, 2.24) is 0 Å². The molecule has 0 saturated heterocycles. The summed E-state index contributed by atoms with van der Waals surface area (Å²) in [6.07, 6.45) is 0. The summed E-state index contributed by atoms with van der Waals surface area (Å²) in [5.74, 6) is 0. The van der Waals surface area contributed by atoms with Crippen molar-refractivity contribution in [3.63, 3.8) is 0 Å². The van der Waals surface area contributed by atoms with Crippen molar-refractivity contribution in [2.24, 2.45) is 0 Å². The van der Waals surface area contributed by atoms with Gasteiger partial charge in [0.1, 0.15) is 0 Å². The molecule has 0 bridgehead atoms. The molecule has 2 heteroatoms. The normalized spacial score (nSPS) is 7.62. The van der Waals surface area contributed by atoms with Crippen LogP contribution in [0.15, 0.2) is 28.7 Å². The third-order valence-corrected chi connectivity index (χ3v) is 1.16. The molecule has 1 rings (SSSR count). The molecule has 0 aliphatic rings. The molecule has 1 aromatic carbocycles. The van der Waals surface area contributed by atoms with E-state index in [-0.39, 0.29) is 17.1 Å². The van der Waals surface area contributed by atoms with Gasteiger partial charge in [0, 0.05) is 17.1 Å². The molecule has 0 aromatic heterocycles. The Bertz CT molecular complexity index is 138. The van der Waals surface area contributed by atoms with Gasteiger partial charge in [0.15, 0.2) is 0 Å². The van der Waals surface area contributed by atoms with Crippen LogP contribution < -0.4 is 0 Å². The van der Waals surface area contributed by atoms with E-state index < -0.39 is 0 Å². The van der Waals surface area contributed by atoms with Crippen LogP contribution in [0.3, 0.4) is 0 Å². The second kappa shape index (κ2) is 4.13. The van der Waals surface area contributed by atoms with Crippen LogP contribution in [0, 0.1) is 6.07 Å². The fourth-order valence-corrected chi connectivity index (χ4v) is 0.656. The summed E-state index contributed by atoms with van der Waals surface area (Å²) in [5, 5.41) is 0. The molecular weight excluding hydrogens is 207 g/mol. The van der Waals surface area contributed by atoms with E-state index >= 15 is 0 Å². The van der Waals surface area contributed by atoms with Crippen molar-refractivity contribution in [2.45, 2.75) is 0 Å². The molecule has 0 spiro atoms. The molecule has 0 N–H and O–H groups in total. The molecule has 0 aliphatic heterocycles. The standard InChI is InChI=1S/C6H4Br.Mn/c7-6-4-2-1-3-5-6;/h1-4H;/q-1;. The van der Waals surface area contributed by atoms with Crippen molar-refractivity contribution in [3.8, 4) is 0 Å². The average molecular weight is 211 g/mol. The first-order chi connectivity index (χ1) is 3.39. The van der Waals surface area contributed by atoms with E-state index in [4.69, 9.17) is 0 Å². The van der Waals surface area contributed by atoms with Gasteiger partial charge in [0.2, 0.25) is 0 Å². The van der Waals surface area contributed by atoms with Crippen LogP contribution in [0.5, 0.6) is 0 Å². The van der Waals surface area contributed by atoms with E-state index in [1.54, 1.807) is 0 Å². The Morgan fingerprint density at radius 1 is 1.38 bits per heavy atom. The average Bonchev–Trinajstić information content (AvgIpc) is 1.69. The maximum Gasteiger partial charge on any atom is 0 e. The molecule has 0 fully saturated rings. The molecule has 0 aliphatic carbocycles. The van der Waals surface area contributed by atoms with E-state index in [1.165, 1.54) is 0 Å². The largest absolute Gasteiger partial charge is 0.176 e. The third kappa shape index (κ3) is 2.51. The van der Waals surface area contributed by atoms with Gasteiger partial charge in [-0.25, -0.2) is 0 Å². The Balaban J connectivity index is 0.000000490. The van der Waals surface area contributed by atoms with E-state index in [1.807, 2.05) is 24.3 Å². The number of hydrogen-bond acceptors (Lipinski definition) is 0. The first-order valence-corrected chi connectivity index (χ1v) is 2.81. The Morgan fingerprint density at radius 3 is 2.38 bits per heavy atom. The molecule has 0 heterocycles. The molecule has 1 aromatic rings. The molecule has 0 saturated carbocycles. The van der Waals surface area contributed by atoms with E-state index in [0.717, 1.165) is 4.47 Å². The van der Waals surface area contributed by atoms with Crippen molar-refractivity contribution in [2.75, 3.05) is 0 Å². The second-order valence-electron chi connectivity index (χ2n) is 1.21. The van der Waals surface area contributed by atoms with Gasteiger partial charge >= 0.3 is 0 Å². The van der Waals surface area contributed by atoms with Crippen molar-refractivity contribution in [3.05, 3.63) is 34.8 Å². The minimum absolute atomic E-state index is 0. The van der Waals surface area contributed by atoms with Crippen molar-refractivity contribution in [1.29, 1.82) is 0 Å². The predicted octanol–water partition coefficient (Wildman–Crippen LogP) is 2.25. The van der Waals surface area contributed by atoms with E-state index in [2.05, 4.69) is 22.0 Å². The predicted molar refractivity (Wildman–Crippen MR) is 33.0 cm³/mol. The summed E-state index contributed by atoms with van der Waals surface area (Å²) in [7, 11) is 0. The molecule has 8 heavy (non-hydrogen) atoms. The Hall–Kier alpha value is 0.219. The monoisotopic (exact) mass is 210 g/mol. The Labute approximate surface area is 67.9 Å². The molecule has 1 radical (unpaired) electrons. The molecule has 0 amide bonds. The molecular formula is C6H4BrMn-. The topological polar surface area (TPSA) is 0 Å². The first-order valence-electron chi connectivity index (χ1n) is 2.02. The van der Waals surface area contributed by atoms with Crippen LogP contribution in [0.4, 0.5) is 0 Å². The van der Waals surface area contributed by atoms with E-state index in [0.29, 0.717) is 0 Å². The van der Waals surface area contributed by atoms with Gasteiger partial charge in [0.25, 0.3) is 0 Å². The summed E-state index contributed by atoms with van der Waals surface area (Å²) >= 11 is 3.26. The van der Waals surface area contributed by atoms with Gasteiger partial charge in [-0.15, -0.1) is 0 Å². The van der Waals surface area contributed by atoms with E-state index in [9.17, 15) is 0 Å². The number of rotatable bonds is 0. The maximum atomic E-state index is 3.26. The fourth-order valence-electron chi connectivity index (χ4n) is 0.371. The van der Waals surface area contributed by atoms with Gasteiger partial charge in [-0.1, -0.05) is 20.4 Å². The number of benzene rings is 1. The van der Waals surface area contributed by atoms with Crippen LogP contribution >= 0.6 is 15.9 Å². The summed E-state index contributed by atoms with van der Waals surface area (Å²) in [5.41, 5.74) is 0. The maximum absolute atomic E-state index is 3.26. The minimum Gasteiger partial charge on any atom is -0.176 e. The van der Waals surface area contributed by atoms with Gasteiger partial charge in [-0.05, 0) is 0 Å². The quantitative estimate of drug-likeness (QED) is 0.456. The summed E-state index contributed by atoms with van der Waals surface area (Å²) in [6.45, 7) is 0. The van der Waals surface area contributed by atoms with Crippen LogP contribution in [0.1, 0.15) is 0 Å². The zero-order valence-electron chi connectivity index (χ0n) is 4.07. The Kier molecular flexibility index (Phi) is 4.25.